The van der Waals surface area contributed by atoms with Crippen molar-refractivity contribution in [2.24, 2.45) is 0 Å². The summed E-state index contributed by atoms with van der Waals surface area (Å²) in [6, 6.07) is 1.51. The van der Waals surface area contributed by atoms with Crippen molar-refractivity contribution >= 4 is 17.3 Å². The summed E-state index contributed by atoms with van der Waals surface area (Å²) in [7, 11) is 0. The molecule has 0 saturated heterocycles. The average molecular weight is 218 g/mol. The molecule has 16 heavy (non-hydrogen) atoms. The zero-order valence-electron chi connectivity index (χ0n) is 8.87. The van der Waals surface area contributed by atoms with Crippen molar-refractivity contribution in [3.63, 3.8) is 0 Å². The Labute approximate surface area is 91.8 Å². The minimum Gasteiger partial charge on any atom is -0.507 e. The lowest BCUT2D eigenvalue weighted by atomic mass is 9.89. The van der Waals surface area contributed by atoms with E-state index >= 15 is 0 Å². The zero-order valence-corrected chi connectivity index (χ0v) is 8.87. The number of fused-ring (bicyclic) bond motifs is 1. The molecule has 0 radical (unpaired) electrons. The van der Waals surface area contributed by atoms with Crippen molar-refractivity contribution in [2.75, 3.05) is 0 Å². The van der Waals surface area contributed by atoms with E-state index in [-0.39, 0.29) is 22.6 Å². The fourth-order valence-electron chi connectivity index (χ4n) is 1.73. The molecular formula is C12H10O4. The first-order valence-electron chi connectivity index (χ1n) is 4.76. The second-order valence-electron chi connectivity index (χ2n) is 3.81. The summed E-state index contributed by atoms with van der Waals surface area (Å²) in [5.41, 5.74) is 1.39. The van der Waals surface area contributed by atoms with E-state index in [1.807, 2.05) is 0 Å². The van der Waals surface area contributed by atoms with Crippen LogP contribution in [0.2, 0.25) is 0 Å². The smallest absolute Gasteiger partial charge is 0.233 e. The number of aromatic hydroxyl groups is 1. The van der Waals surface area contributed by atoms with Gasteiger partial charge in [0.25, 0.3) is 0 Å². The van der Waals surface area contributed by atoms with Gasteiger partial charge in [0.1, 0.15) is 11.5 Å². The van der Waals surface area contributed by atoms with Crippen LogP contribution in [0, 0.1) is 13.8 Å². The number of aliphatic hydroxyl groups is 1. The summed E-state index contributed by atoms with van der Waals surface area (Å²) >= 11 is 0. The molecule has 1 aliphatic carbocycles. The Kier molecular flexibility index (Phi) is 2.08. The SMILES string of the molecule is Cc1cc2c(c(O)c1C)C(O)=CC(=O)C2=O. The number of ketones is 2. The molecule has 0 fully saturated rings. The highest BCUT2D eigenvalue weighted by Gasteiger charge is 2.29. The molecule has 0 bridgehead atoms. The number of rotatable bonds is 0. The van der Waals surface area contributed by atoms with Crippen LogP contribution in [0.25, 0.3) is 5.76 Å². The Balaban J connectivity index is 2.86. The van der Waals surface area contributed by atoms with E-state index < -0.39 is 11.6 Å². The second-order valence-corrected chi connectivity index (χ2v) is 3.81. The molecule has 0 heterocycles. The van der Waals surface area contributed by atoms with Gasteiger partial charge in [0.05, 0.1) is 5.56 Å². The number of benzene rings is 1. The highest BCUT2D eigenvalue weighted by molar-refractivity contribution is 6.50. The second kappa shape index (κ2) is 3.20. The van der Waals surface area contributed by atoms with Gasteiger partial charge in [0.2, 0.25) is 11.6 Å². The maximum absolute atomic E-state index is 11.6. The van der Waals surface area contributed by atoms with Gasteiger partial charge in [-0.3, -0.25) is 9.59 Å². The quantitative estimate of drug-likeness (QED) is 0.649. The summed E-state index contributed by atoms with van der Waals surface area (Å²) in [6.07, 6.45) is 0.832. The lowest BCUT2D eigenvalue weighted by Gasteiger charge is -2.16. The molecule has 0 spiro atoms. The van der Waals surface area contributed by atoms with Crippen molar-refractivity contribution in [3.05, 3.63) is 34.4 Å². The van der Waals surface area contributed by atoms with Gasteiger partial charge in [-0.05, 0) is 31.0 Å². The summed E-state index contributed by atoms with van der Waals surface area (Å²) < 4.78 is 0. The van der Waals surface area contributed by atoms with Gasteiger partial charge in [0, 0.05) is 11.6 Å². The normalized spacial score (nSPS) is 14.8. The molecule has 0 atom stereocenters. The van der Waals surface area contributed by atoms with Crippen LogP contribution in [0.3, 0.4) is 0 Å². The van der Waals surface area contributed by atoms with Gasteiger partial charge >= 0.3 is 0 Å². The number of aliphatic hydroxyl groups excluding tert-OH is 1. The molecule has 0 unspecified atom stereocenters. The van der Waals surface area contributed by atoms with Crippen LogP contribution in [0.5, 0.6) is 5.75 Å². The highest BCUT2D eigenvalue weighted by atomic mass is 16.3. The molecule has 4 nitrogen and oxygen atoms in total. The lowest BCUT2D eigenvalue weighted by Crippen LogP contribution is -2.19. The maximum atomic E-state index is 11.6. The van der Waals surface area contributed by atoms with Crippen molar-refractivity contribution in [1.29, 1.82) is 0 Å². The Morgan fingerprint density at radius 1 is 1.12 bits per heavy atom. The Morgan fingerprint density at radius 2 is 1.75 bits per heavy atom. The first-order valence-corrected chi connectivity index (χ1v) is 4.76. The van der Waals surface area contributed by atoms with Gasteiger partial charge in [-0.15, -0.1) is 0 Å². The van der Waals surface area contributed by atoms with Crippen LogP contribution >= 0.6 is 0 Å². The van der Waals surface area contributed by atoms with Crippen molar-refractivity contribution in [1.82, 2.24) is 0 Å². The fourth-order valence-corrected chi connectivity index (χ4v) is 1.73. The molecule has 82 valence electrons. The molecular weight excluding hydrogens is 208 g/mol. The van der Waals surface area contributed by atoms with Crippen LogP contribution < -0.4 is 0 Å². The van der Waals surface area contributed by atoms with Crippen LogP contribution in [0.4, 0.5) is 0 Å². The van der Waals surface area contributed by atoms with Gasteiger partial charge in [-0.2, -0.15) is 0 Å². The summed E-state index contributed by atoms with van der Waals surface area (Å²) in [5.74, 6) is -1.98. The summed E-state index contributed by atoms with van der Waals surface area (Å²) in [4.78, 5) is 22.8. The molecule has 2 N–H and O–H groups in total. The Morgan fingerprint density at radius 3 is 2.38 bits per heavy atom. The van der Waals surface area contributed by atoms with Crippen LogP contribution in [-0.2, 0) is 4.79 Å². The lowest BCUT2D eigenvalue weighted by molar-refractivity contribution is -0.111. The number of hydrogen-bond acceptors (Lipinski definition) is 4. The van der Waals surface area contributed by atoms with Crippen LogP contribution in [-0.4, -0.2) is 21.8 Å². The van der Waals surface area contributed by atoms with Gasteiger partial charge in [-0.1, -0.05) is 0 Å². The van der Waals surface area contributed by atoms with Crippen molar-refractivity contribution in [2.45, 2.75) is 13.8 Å². The zero-order chi connectivity index (χ0) is 12.0. The summed E-state index contributed by atoms with van der Waals surface area (Å²) in [6.45, 7) is 3.40. The number of hydrogen-bond donors (Lipinski definition) is 2. The maximum Gasteiger partial charge on any atom is 0.233 e. The molecule has 2 rings (SSSR count). The fraction of sp³-hybridized carbons (Fsp3) is 0.167. The number of carbonyl (C=O) groups is 2. The minimum atomic E-state index is -0.771. The molecule has 1 aromatic carbocycles. The van der Waals surface area contributed by atoms with E-state index in [1.165, 1.54) is 6.07 Å². The third-order valence-electron chi connectivity index (χ3n) is 2.81. The molecule has 0 saturated carbocycles. The van der Waals surface area contributed by atoms with E-state index in [1.54, 1.807) is 13.8 Å². The van der Waals surface area contributed by atoms with E-state index in [2.05, 4.69) is 0 Å². The number of carbonyl (C=O) groups excluding carboxylic acids is 2. The first-order chi connectivity index (χ1) is 7.43. The predicted octanol–water partition coefficient (Wildman–Crippen LogP) is 1.67. The van der Waals surface area contributed by atoms with Gasteiger partial charge < -0.3 is 10.2 Å². The standard InChI is InChI=1S/C12H10O4/c1-5-3-7-10(11(15)6(5)2)8(13)4-9(14)12(7)16/h3-4,13,15H,1-2H3. The van der Waals surface area contributed by atoms with Crippen LogP contribution in [0.1, 0.15) is 27.0 Å². The average Bonchev–Trinajstić information content (AvgIpc) is 2.22. The Bertz CT molecular complexity index is 553. The topological polar surface area (TPSA) is 74.6 Å². The Hall–Kier alpha value is -2.10. The van der Waals surface area contributed by atoms with E-state index in [4.69, 9.17) is 0 Å². The molecule has 1 aromatic rings. The summed E-state index contributed by atoms with van der Waals surface area (Å²) in [5, 5.41) is 19.4. The van der Waals surface area contributed by atoms with Crippen molar-refractivity contribution < 1.29 is 19.8 Å². The highest BCUT2D eigenvalue weighted by Crippen LogP contribution is 2.35. The number of phenolic OH excluding ortho intramolecular Hbond substituents is 1. The largest absolute Gasteiger partial charge is 0.507 e. The first kappa shape index (κ1) is 10.4. The minimum absolute atomic E-state index is 0.0488. The van der Waals surface area contributed by atoms with Crippen molar-refractivity contribution in [3.8, 4) is 5.75 Å². The van der Waals surface area contributed by atoms with E-state index in [0.717, 1.165) is 6.08 Å². The number of phenols is 1. The third-order valence-corrected chi connectivity index (χ3v) is 2.81. The van der Waals surface area contributed by atoms with Gasteiger partial charge in [0.15, 0.2) is 0 Å². The third kappa shape index (κ3) is 1.23. The van der Waals surface area contributed by atoms with E-state index in [9.17, 15) is 19.8 Å². The van der Waals surface area contributed by atoms with Gasteiger partial charge in [-0.25, -0.2) is 0 Å². The number of allylic oxidation sites excluding steroid dienone is 1. The monoisotopic (exact) mass is 218 g/mol. The molecule has 4 heteroatoms. The molecule has 1 aliphatic rings. The number of Topliss-reactive ketones (excluding diaryl/α,β-unsaturated/α-hetero) is 1. The molecule has 0 aromatic heterocycles. The van der Waals surface area contributed by atoms with Crippen LogP contribution in [0.15, 0.2) is 12.1 Å². The molecule has 0 aliphatic heterocycles. The molecule has 0 amide bonds. The van der Waals surface area contributed by atoms with E-state index in [0.29, 0.717) is 11.1 Å². The number of aryl methyl sites for hydroxylation is 1. The predicted molar refractivity (Wildman–Crippen MR) is 57.5 cm³/mol.